The van der Waals surface area contributed by atoms with Gasteiger partial charge in [0.15, 0.2) is 0 Å². The molecule has 7 heteroatoms. The second-order valence-electron chi connectivity index (χ2n) is 4.05. The number of hydrogen-bond donors (Lipinski definition) is 2. The van der Waals surface area contributed by atoms with Gasteiger partial charge in [0.05, 0.1) is 0 Å². The monoisotopic (exact) mass is 268 g/mol. The van der Waals surface area contributed by atoms with Crippen LogP contribution in [0.2, 0.25) is 0 Å². The van der Waals surface area contributed by atoms with Crippen LogP contribution in [-0.2, 0) is 0 Å². The number of aromatic nitrogens is 3. The van der Waals surface area contributed by atoms with E-state index in [2.05, 4.69) is 22.3 Å². The minimum atomic E-state index is -0.174. The van der Waals surface area contributed by atoms with Crippen LogP contribution in [0.4, 0.5) is 5.13 Å². The first-order chi connectivity index (χ1) is 8.74. The van der Waals surface area contributed by atoms with Crippen LogP contribution in [0.1, 0.15) is 19.8 Å². The number of nitrogens with one attached hydrogen (secondary N) is 1. The van der Waals surface area contributed by atoms with E-state index in [1.807, 2.05) is 0 Å². The highest BCUT2D eigenvalue weighted by molar-refractivity contribution is 7.20. The Bertz CT molecular complexity index is 565. The van der Waals surface area contributed by atoms with Crippen LogP contribution in [0, 0.1) is 5.92 Å². The molecule has 0 aromatic carbocycles. The third kappa shape index (κ3) is 2.85. The van der Waals surface area contributed by atoms with E-state index in [1.54, 1.807) is 0 Å². The fourth-order valence-electron chi connectivity index (χ4n) is 1.68. The van der Waals surface area contributed by atoms with E-state index in [0.717, 1.165) is 19.4 Å². The van der Waals surface area contributed by atoms with Gasteiger partial charge in [-0.3, -0.25) is 4.79 Å². The zero-order chi connectivity index (χ0) is 13.0. The molecule has 6 nitrogen and oxygen atoms in total. The zero-order valence-corrected chi connectivity index (χ0v) is 11.0. The van der Waals surface area contributed by atoms with Crippen molar-refractivity contribution in [2.24, 2.45) is 5.92 Å². The smallest absolute Gasteiger partial charge is 0.275 e. The van der Waals surface area contributed by atoms with Gasteiger partial charge in [-0.15, -0.1) is 5.10 Å². The Hall–Kier alpha value is -1.47. The fraction of sp³-hybridized carbons (Fsp3) is 0.545. The highest BCUT2D eigenvalue weighted by Crippen LogP contribution is 2.17. The maximum absolute atomic E-state index is 11.5. The van der Waals surface area contributed by atoms with Crippen molar-refractivity contribution < 1.29 is 5.11 Å². The quantitative estimate of drug-likeness (QED) is 0.816. The van der Waals surface area contributed by atoms with E-state index in [0.29, 0.717) is 16.0 Å². The van der Waals surface area contributed by atoms with E-state index in [9.17, 15) is 4.79 Å². The molecule has 0 amide bonds. The van der Waals surface area contributed by atoms with Crippen LogP contribution >= 0.6 is 11.3 Å². The third-order valence-corrected chi connectivity index (χ3v) is 3.71. The van der Waals surface area contributed by atoms with Gasteiger partial charge in [0.2, 0.25) is 10.1 Å². The Morgan fingerprint density at radius 3 is 3.11 bits per heavy atom. The molecule has 0 spiro atoms. The lowest BCUT2D eigenvalue weighted by molar-refractivity contribution is 0.258. The summed E-state index contributed by atoms with van der Waals surface area (Å²) in [6.07, 6.45) is 3.25. The Balaban J connectivity index is 2.08. The molecule has 2 aromatic heterocycles. The Morgan fingerprint density at radius 1 is 1.61 bits per heavy atom. The molecular formula is C11H16N4O2S. The molecule has 18 heavy (non-hydrogen) atoms. The van der Waals surface area contributed by atoms with E-state index in [-0.39, 0.29) is 12.2 Å². The van der Waals surface area contributed by atoms with E-state index < -0.39 is 0 Å². The number of fused-ring (bicyclic) bond motifs is 1. The van der Waals surface area contributed by atoms with Crippen molar-refractivity contribution in [3.63, 3.8) is 0 Å². The second kappa shape index (κ2) is 5.92. The standard InChI is InChI=1S/C11H16N4O2S/c1-2-8(4-6-16)7-13-10-14-15-9(17)3-5-12-11(15)18-10/h3,5,8,16H,2,4,6-7H2,1H3,(H,13,14)/t8-/m0/s1. The first-order valence-electron chi connectivity index (χ1n) is 5.94. The lowest BCUT2D eigenvalue weighted by Crippen LogP contribution is -2.16. The van der Waals surface area contributed by atoms with Crippen LogP contribution in [0.5, 0.6) is 0 Å². The van der Waals surface area contributed by atoms with Crippen LogP contribution < -0.4 is 10.9 Å². The molecule has 0 bridgehead atoms. The summed E-state index contributed by atoms with van der Waals surface area (Å²) < 4.78 is 1.29. The summed E-state index contributed by atoms with van der Waals surface area (Å²) in [4.78, 5) is 16.2. The van der Waals surface area contributed by atoms with Gasteiger partial charge in [-0.05, 0) is 12.3 Å². The normalized spacial score (nSPS) is 12.8. The van der Waals surface area contributed by atoms with Crippen molar-refractivity contribution >= 4 is 21.4 Å². The largest absolute Gasteiger partial charge is 0.396 e. The summed E-state index contributed by atoms with van der Waals surface area (Å²) in [5.74, 6) is 0.409. The molecule has 2 N–H and O–H groups in total. The van der Waals surface area contributed by atoms with E-state index in [4.69, 9.17) is 5.11 Å². The van der Waals surface area contributed by atoms with Gasteiger partial charge in [0.25, 0.3) is 5.56 Å². The molecule has 0 aliphatic heterocycles. The van der Waals surface area contributed by atoms with Crippen molar-refractivity contribution in [3.05, 3.63) is 22.6 Å². The average Bonchev–Trinajstić information content (AvgIpc) is 2.79. The molecule has 0 saturated carbocycles. The van der Waals surface area contributed by atoms with E-state index in [1.165, 1.54) is 28.1 Å². The fourth-order valence-corrected chi connectivity index (χ4v) is 2.46. The molecule has 0 unspecified atom stereocenters. The number of rotatable bonds is 6. The van der Waals surface area contributed by atoms with E-state index >= 15 is 0 Å². The summed E-state index contributed by atoms with van der Waals surface area (Å²) in [7, 11) is 0. The Morgan fingerprint density at radius 2 is 2.44 bits per heavy atom. The second-order valence-corrected chi connectivity index (χ2v) is 5.01. The Labute approximate surface area is 108 Å². The number of hydrogen-bond acceptors (Lipinski definition) is 6. The summed E-state index contributed by atoms with van der Waals surface area (Å²) in [5, 5.41) is 17.0. The molecular weight excluding hydrogens is 252 g/mol. The zero-order valence-electron chi connectivity index (χ0n) is 10.2. The number of aliphatic hydroxyl groups is 1. The third-order valence-electron chi connectivity index (χ3n) is 2.83. The predicted molar refractivity (Wildman–Crippen MR) is 71.1 cm³/mol. The van der Waals surface area contributed by atoms with Gasteiger partial charge < -0.3 is 10.4 Å². The van der Waals surface area contributed by atoms with Gasteiger partial charge >= 0.3 is 0 Å². The molecule has 98 valence electrons. The average molecular weight is 268 g/mol. The molecule has 2 rings (SSSR count). The molecule has 2 aromatic rings. The van der Waals surface area contributed by atoms with Crippen molar-refractivity contribution in [1.82, 2.24) is 14.6 Å². The molecule has 2 heterocycles. The summed E-state index contributed by atoms with van der Waals surface area (Å²) in [6.45, 7) is 3.03. The number of anilines is 1. The lowest BCUT2D eigenvalue weighted by atomic mass is 10.0. The highest BCUT2D eigenvalue weighted by atomic mass is 32.1. The van der Waals surface area contributed by atoms with Crippen LogP contribution in [0.3, 0.4) is 0 Å². The van der Waals surface area contributed by atoms with Gasteiger partial charge in [0.1, 0.15) is 0 Å². The summed E-state index contributed by atoms with van der Waals surface area (Å²) >= 11 is 1.35. The molecule has 0 radical (unpaired) electrons. The van der Waals surface area contributed by atoms with Gasteiger partial charge in [0, 0.05) is 25.4 Å². The van der Waals surface area contributed by atoms with Crippen molar-refractivity contribution in [1.29, 1.82) is 0 Å². The summed E-state index contributed by atoms with van der Waals surface area (Å²) in [6, 6.07) is 1.39. The maximum atomic E-state index is 11.5. The molecule has 1 atom stereocenters. The van der Waals surface area contributed by atoms with Crippen molar-refractivity contribution in [2.75, 3.05) is 18.5 Å². The van der Waals surface area contributed by atoms with Crippen LogP contribution in [0.25, 0.3) is 4.96 Å². The predicted octanol–water partition coefficient (Wildman–Crippen LogP) is 0.971. The number of nitrogens with zero attached hydrogens (tertiary/aromatic N) is 3. The topological polar surface area (TPSA) is 79.5 Å². The SMILES string of the molecule is CC[C@@H](CCO)CNc1nn2c(=O)ccnc2s1. The molecule has 0 aliphatic rings. The van der Waals surface area contributed by atoms with Crippen molar-refractivity contribution in [2.45, 2.75) is 19.8 Å². The van der Waals surface area contributed by atoms with Gasteiger partial charge in [-0.2, -0.15) is 4.52 Å². The van der Waals surface area contributed by atoms with Gasteiger partial charge in [-0.1, -0.05) is 24.7 Å². The van der Waals surface area contributed by atoms with Gasteiger partial charge in [-0.25, -0.2) is 4.98 Å². The van der Waals surface area contributed by atoms with Crippen LogP contribution in [-0.4, -0.2) is 32.9 Å². The van der Waals surface area contributed by atoms with Crippen LogP contribution in [0.15, 0.2) is 17.1 Å². The first-order valence-corrected chi connectivity index (χ1v) is 6.76. The Kier molecular flexibility index (Phi) is 4.27. The molecule has 0 saturated heterocycles. The minimum Gasteiger partial charge on any atom is -0.396 e. The maximum Gasteiger partial charge on any atom is 0.275 e. The minimum absolute atomic E-state index is 0.174. The summed E-state index contributed by atoms with van der Waals surface area (Å²) in [5.41, 5.74) is -0.174. The highest BCUT2D eigenvalue weighted by Gasteiger charge is 2.09. The first kappa shape index (κ1) is 13.0. The number of aliphatic hydroxyl groups excluding tert-OH is 1. The van der Waals surface area contributed by atoms with Crippen molar-refractivity contribution in [3.8, 4) is 0 Å². The lowest BCUT2D eigenvalue weighted by Gasteiger charge is -2.12. The molecule has 0 fully saturated rings. The molecule has 0 aliphatic carbocycles.